The molecule has 0 heterocycles. The van der Waals surface area contributed by atoms with Gasteiger partial charge in [0.05, 0.1) is 6.61 Å². The number of nitrogens with one attached hydrogen (secondary N) is 1. The average Bonchev–Trinajstić information content (AvgIpc) is 2.55. The molecule has 2 aromatic carbocycles. The first-order valence-corrected chi connectivity index (χ1v) is 8.11. The normalized spacial score (nSPS) is 11.8. The molecule has 0 bridgehead atoms. The van der Waals surface area contributed by atoms with Gasteiger partial charge in [0.15, 0.2) is 0 Å². The molecular weight excluding hydrogens is 359 g/mol. The van der Waals surface area contributed by atoms with E-state index in [9.17, 15) is 13.6 Å². The van der Waals surface area contributed by atoms with E-state index in [1.165, 1.54) is 6.07 Å². The molecule has 1 amide bonds. The zero-order valence-corrected chi connectivity index (χ0v) is 14.1. The molecule has 128 valence electrons. The van der Waals surface area contributed by atoms with E-state index >= 15 is 0 Å². The number of ether oxygens (including phenoxy) is 1. The van der Waals surface area contributed by atoms with Gasteiger partial charge in [0.1, 0.15) is 22.9 Å². The number of hydrogen-bond donors (Lipinski definition) is 1. The van der Waals surface area contributed by atoms with E-state index < -0.39 is 29.1 Å². The third kappa shape index (κ3) is 5.08. The van der Waals surface area contributed by atoms with Crippen LogP contribution in [0.25, 0.3) is 0 Å². The third-order valence-electron chi connectivity index (χ3n) is 3.26. The van der Waals surface area contributed by atoms with Gasteiger partial charge in [-0.25, -0.2) is 8.78 Å². The molecule has 0 aliphatic heterocycles. The van der Waals surface area contributed by atoms with Gasteiger partial charge in [0, 0.05) is 23.4 Å². The molecule has 0 aromatic heterocycles. The van der Waals surface area contributed by atoms with Gasteiger partial charge in [-0.1, -0.05) is 17.7 Å². The monoisotopic (exact) mass is 373 g/mol. The Morgan fingerprint density at radius 1 is 1.12 bits per heavy atom. The molecule has 0 radical (unpaired) electrons. The van der Waals surface area contributed by atoms with Crippen LogP contribution >= 0.6 is 23.2 Å². The van der Waals surface area contributed by atoms with Crippen molar-refractivity contribution in [3.63, 3.8) is 0 Å². The molecule has 0 saturated carbocycles. The SMILES string of the molecule is O=C(NC(CCl)CCOc1ccc(Cl)cc1)c1c(F)cccc1F. The first kappa shape index (κ1) is 18.5. The Labute approximate surface area is 148 Å². The van der Waals surface area contributed by atoms with E-state index in [0.717, 1.165) is 12.1 Å². The number of hydrogen-bond acceptors (Lipinski definition) is 2. The van der Waals surface area contributed by atoms with Crippen molar-refractivity contribution in [3.05, 3.63) is 64.7 Å². The second-order valence-electron chi connectivity index (χ2n) is 5.01. The molecule has 3 nitrogen and oxygen atoms in total. The van der Waals surface area contributed by atoms with Crippen LogP contribution in [0.4, 0.5) is 8.78 Å². The highest BCUT2D eigenvalue weighted by molar-refractivity contribution is 6.30. The molecule has 0 spiro atoms. The number of carbonyl (C=O) groups is 1. The summed E-state index contributed by atoms with van der Waals surface area (Å²) in [5.74, 6) is -1.97. The molecule has 2 rings (SSSR count). The Hall–Kier alpha value is -1.85. The van der Waals surface area contributed by atoms with Crippen molar-refractivity contribution in [1.29, 1.82) is 0 Å². The lowest BCUT2D eigenvalue weighted by atomic mass is 10.1. The molecule has 0 aliphatic carbocycles. The van der Waals surface area contributed by atoms with Crippen molar-refractivity contribution in [2.45, 2.75) is 12.5 Å². The summed E-state index contributed by atoms with van der Waals surface area (Å²) in [5.41, 5.74) is -0.619. The van der Waals surface area contributed by atoms with E-state index in [1.54, 1.807) is 24.3 Å². The van der Waals surface area contributed by atoms with Crippen molar-refractivity contribution >= 4 is 29.1 Å². The van der Waals surface area contributed by atoms with E-state index in [4.69, 9.17) is 27.9 Å². The summed E-state index contributed by atoms with van der Waals surface area (Å²) in [4.78, 5) is 12.0. The lowest BCUT2D eigenvalue weighted by Crippen LogP contribution is -2.38. The molecular formula is C17H15Cl2F2NO2. The number of amides is 1. The summed E-state index contributed by atoms with van der Waals surface area (Å²) in [6.07, 6.45) is 0.383. The van der Waals surface area contributed by atoms with Gasteiger partial charge in [-0.2, -0.15) is 0 Å². The topological polar surface area (TPSA) is 38.3 Å². The number of carbonyl (C=O) groups excluding carboxylic acids is 1. The number of alkyl halides is 1. The van der Waals surface area contributed by atoms with Gasteiger partial charge in [-0.05, 0) is 36.4 Å². The Morgan fingerprint density at radius 2 is 1.75 bits per heavy atom. The summed E-state index contributed by atoms with van der Waals surface area (Å²) in [6, 6.07) is 9.58. The van der Waals surface area contributed by atoms with Gasteiger partial charge < -0.3 is 10.1 Å². The highest BCUT2D eigenvalue weighted by atomic mass is 35.5. The Morgan fingerprint density at radius 3 is 2.33 bits per heavy atom. The zero-order chi connectivity index (χ0) is 17.5. The second kappa shape index (κ2) is 8.85. The van der Waals surface area contributed by atoms with Crippen molar-refractivity contribution < 1.29 is 18.3 Å². The first-order chi connectivity index (χ1) is 11.5. The predicted molar refractivity (Wildman–Crippen MR) is 89.9 cm³/mol. The Kier molecular flexibility index (Phi) is 6.82. The fraction of sp³-hybridized carbons (Fsp3) is 0.235. The smallest absolute Gasteiger partial charge is 0.257 e. The average molecular weight is 374 g/mol. The summed E-state index contributed by atoms with van der Waals surface area (Å²) in [7, 11) is 0. The van der Waals surface area contributed by atoms with Gasteiger partial charge in [0.25, 0.3) is 5.91 Å². The van der Waals surface area contributed by atoms with Crippen LogP contribution in [-0.4, -0.2) is 24.4 Å². The maximum Gasteiger partial charge on any atom is 0.257 e. The van der Waals surface area contributed by atoms with E-state index in [0.29, 0.717) is 17.2 Å². The van der Waals surface area contributed by atoms with Crippen molar-refractivity contribution in [2.24, 2.45) is 0 Å². The second-order valence-corrected chi connectivity index (χ2v) is 5.76. The first-order valence-electron chi connectivity index (χ1n) is 7.20. The fourth-order valence-electron chi connectivity index (χ4n) is 2.01. The summed E-state index contributed by atoms with van der Waals surface area (Å²) >= 11 is 11.6. The van der Waals surface area contributed by atoms with E-state index in [-0.39, 0.29) is 12.5 Å². The van der Waals surface area contributed by atoms with Crippen LogP contribution in [0.1, 0.15) is 16.8 Å². The number of rotatable bonds is 7. The zero-order valence-electron chi connectivity index (χ0n) is 12.6. The lowest BCUT2D eigenvalue weighted by Gasteiger charge is -2.17. The minimum absolute atomic E-state index is 0.0891. The quantitative estimate of drug-likeness (QED) is 0.729. The van der Waals surface area contributed by atoms with Gasteiger partial charge in [-0.3, -0.25) is 4.79 Å². The largest absolute Gasteiger partial charge is 0.494 e. The van der Waals surface area contributed by atoms with Crippen LogP contribution in [0.3, 0.4) is 0 Å². The maximum atomic E-state index is 13.6. The molecule has 1 unspecified atom stereocenters. The number of halogens is 4. The lowest BCUT2D eigenvalue weighted by molar-refractivity contribution is 0.0927. The Balaban J connectivity index is 1.89. The van der Waals surface area contributed by atoms with Gasteiger partial charge >= 0.3 is 0 Å². The van der Waals surface area contributed by atoms with Crippen LogP contribution < -0.4 is 10.1 Å². The standard InChI is InChI=1S/C17H15Cl2F2NO2/c18-10-12(8-9-24-13-6-4-11(19)5-7-13)22-17(23)16-14(20)2-1-3-15(16)21/h1-7,12H,8-10H2,(H,22,23). The maximum absolute atomic E-state index is 13.6. The summed E-state index contributed by atoms with van der Waals surface area (Å²) < 4.78 is 32.7. The molecule has 24 heavy (non-hydrogen) atoms. The summed E-state index contributed by atoms with van der Waals surface area (Å²) in [6.45, 7) is 0.277. The highest BCUT2D eigenvalue weighted by Crippen LogP contribution is 2.16. The van der Waals surface area contributed by atoms with Crippen LogP contribution in [0.5, 0.6) is 5.75 Å². The van der Waals surface area contributed by atoms with Crippen molar-refractivity contribution in [3.8, 4) is 5.75 Å². The fourth-order valence-corrected chi connectivity index (χ4v) is 2.37. The minimum Gasteiger partial charge on any atom is -0.494 e. The molecule has 1 N–H and O–H groups in total. The van der Waals surface area contributed by atoms with Crippen LogP contribution in [-0.2, 0) is 0 Å². The number of benzene rings is 2. The summed E-state index contributed by atoms with van der Waals surface area (Å²) in [5, 5.41) is 3.11. The molecule has 1 atom stereocenters. The van der Waals surface area contributed by atoms with Crippen LogP contribution in [0.2, 0.25) is 5.02 Å². The van der Waals surface area contributed by atoms with E-state index in [1.807, 2.05) is 0 Å². The molecule has 7 heteroatoms. The van der Waals surface area contributed by atoms with Crippen LogP contribution in [0, 0.1) is 11.6 Å². The molecule has 0 fully saturated rings. The Bertz CT molecular complexity index is 675. The van der Waals surface area contributed by atoms with Gasteiger partial charge in [0.2, 0.25) is 0 Å². The highest BCUT2D eigenvalue weighted by Gasteiger charge is 2.20. The molecule has 0 aliphatic rings. The van der Waals surface area contributed by atoms with Gasteiger partial charge in [-0.15, -0.1) is 11.6 Å². The van der Waals surface area contributed by atoms with Crippen LogP contribution in [0.15, 0.2) is 42.5 Å². The van der Waals surface area contributed by atoms with E-state index in [2.05, 4.69) is 5.32 Å². The molecule has 2 aromatic rings. The minimum atomic E-state index is -0.918. The van der Waals surface area contributed by atoms with Crippen molar-refractivity contribution in [1.82, 2.24) is 5.32 Å². The predicted octanol–water partition coefficient (Wildman–Crippen LogP) is 4.42. The third-order valence-corrected chi connectivity index (χ3v) is 3.88. The molecule has 0 saturated heterocycles. The van der Waals surface area contributed by atoms with Crippen molar-refractivity contribution in [2.75, 3.05) is 12.5 Å².